The van der Waals surface area contributed by atoms with E-state index in [-0.39, 0.29) is 37.0 Å². The largest absolute Gasteiger partial charge is 0.469 e. The molecule has 0 unspecified atom stereocenters. The molecule has 1 fully saturated rings. The number of rotatable bonds is 6. The number of methoxy groups -OCH3 is 1. The van der Waals surface area contributed by atoms with E-state index < -0.39 is 0 Å². The predicted molar refractivity (Wildman–Crippen MR) is 93.5 cm³/mol. The molecular formula is C18H25N3O5. The molecule has 0 atom stereocenters. The first kappa shape index (κ1) is 19.7. The molecule has 2 amide bonds. The third-order valence-electron chi connectivity index (χ3n) is 4.40. The van der Waals surface area contributed by atoms with E-state index in [4.69, 9.17) is 9.47 Å². The summed E-state index contributed by atoms with van der Waals surface area (Å²) in [4.78, 5) is 43.6. The summed E-state index contributed by atoms with van der Waals surface area (Å²) >= 11 is 0. The topological polar surface area (TPSA) is 89.0 Å². The van der Waals surface area contributed by atoms with Crippen LogP contribution in [-0.2, 0) is 14.3 Å². The molecule has 1 aromatic heterocycles. The van der Waals surface area contributed by atoms with Gasteiger partial charge in [-0.25, -0.2) is 4.79 Å². The average molecular weight is 363 g/mol. The molecule has 0 saturated carbocycles. The van der Waals surface area contributed by atoms with Gasteiger partial charge in [0.1, 0.15) is 0 Å². The fraction of sp³-hybridized carbons (Fsp3) is 0.556. The number of likely N-dealkylation sites (tertiary alicyclic amines) is 1. The number of amides is 2. The van der Waals surface area contributed by atoms with E-state index in [2.05, 4.69) is 4.98 Å². The van der Waals surface area contributed by atoms with Gasteiger partial charge in [-0.15, -0.1) is 0 Å². The van der Waals surface area contributed by atoms with Crippen LogP contribution < -0.4 is 0 Å². The smallest absolute Gasteiger partial charge is 0.409 e. The molecule has 142 valence electrons. The van der Waals surface area contributed by atoms with Crippen LogP contribution in [0.2, 0.25) is 0 Å². The van der Waals surface area contributed by atoms with Crippen LogP contribution in [0, 0.1) is 0 Å². The Balaban J connectivity index is 2.05. The monoisotopic (exact) mass is 363 g/mol. The molecule has 0 spiro atoms. The lowest BCUT2D eigenvalue weighted by atomic mass is 10.0. The van der Waals surface area contributed by atoms with Gasteiger partial charge in [-0.3, -0.25) is 14.6 Å². The summed E-state index contributed by atoms with van der Waals surface area (Å²) in [6, 6.07) is 3.26. The SMILES string of the molecule is CCOC(=O)N1CCC(N(CCC(=O)OC)C(=O)c2ccncc2)CC1. The number of aromatic nitrogens is 1. The second-order valence-electron chi connectivity index (χ2n) is 5.98. The van der Waals surface area contributed by atoms with E-state index in [1.54, 1.807) is 41.2 Å². The number of hydrogen-bond acceptors (Lipinski definition) is 6. The Kier molecular flexibility index (Phi) is 7.37. The van der Waals surface area contributed by atoms with Crippen molar-refractivity contribution < 1.29 is 23.9 Å². The lowest BCUT2D eigenvalue weighted by Crippen LogP contribution is -2.49. The summed E-state index contributed by atoms with van der Waals surface area (Å²) in [6.45, 7) is 3.42. The molecule has 0 N–H and O–H groups in total. The third-order valence-corrected chi connectivity index (χ3v) is 4.40. The van der Waals surface area contributed by atoms with Gasteiger partial charge in [0.05, 0.1) is 20.1 Å². The summed E-state index contributed by atoms with van der Waals surface area (Å²) in [6.07, 6.45) is 4.20. The quantitative estimate of drug-likeness (QED) is 0.715. The standard InChI is InChI=1S/C18H25N3O5/c1-3-26-18(24)20-11-6-15(7-12-20)21(13-8-16(22)25-2)17(23)14-4-9-19-10-5-14/h4-5,9-10,15H,3,6-8,11-13H2,1-2H3. The van der Waals surface area contributed by atoms with Crippen LogP contribution in [0.3, 0.4) is 0 Å². The maximum atomic E-state index is 12.9. The minimum absolute atomic E-state index is 0.0500. The molecule has 1 saturated heterocycles. The minimum atomic E-state index is -0.360. The normalized spacial score (nSPS) is 14.6. The number of pyridine rings is 1. The summed E-state index contributed by atoms with van der Waals surface area (Å²) < 4.78 is 9.72. The fourth-order valence-electron chi connectivity index (χ4n) is 3.00. The Morgan fingerprint density at radius 3 is 2.46 bits per heavy atom. The highest BCUT2D eigenvalue weighted by molar-refractivity contribution is 5.94. The zero-order valence-electron chi connectivity index (χ0n) is 15.2. The molecule has 26 heavy (non-hydrogen) atoms. The molecule has 1 aliphatic rings. The summed E-state index contributed by atoms with van der Waals surface area (Å²) in [7, 11) is 1.33. The van der Waals surface area contributed by atoms with E-state index in [0.717, 1.165) is 0 Å². The number of ether oxygens (including phenoxy) is 2. The van der Waals surface area contributed by atoms with Gasteiger partial charge in [-0.05, 0) is 31.9 Å². The van der Waals surface area contributed by atoms with E-state index in [0.29, 0.717) is 38.1 Å². The molecule has 0 aliphatic carbocycles. The second-order valence-corrected chi connectivity index (χ2v) is 5.98. The number of carbonyl (C=O) groups excluding carboxylic acids is 3. The van der Waals surface area contributed by atoms with Gasteiger partial charge in [0.15, 0.2) is 0 Å². The molecule has 8 nitrogen and oxygen atoms in total. The Morgan fingerprint density at radius 1 is 1.23 bits per heavy atom. The van der Waals surface area contributed by atoms with Gasteiger partial charge in [0.25, 0.3) is 5.91 Å². The van der Waals surface area contributed by atoms with Gasteiger partial charge < -0.3 is 19.3 Å². The Labute approximate surface area is 153 Å². The Hall–Kier alpha value is -2.64. The lowest BCUT2D eigenvalue weighted by molar-refractivity contribution is -0.140. The number of hydrogen-bond donors (Lipinski definition) is 0. The highest BCUT2D eigenvalue weighted by atomic mass is 16.6. The molecule has 2 heterocycles. The first-order valence-electron chi connectivity index (χ1n) is 8.76. The third kappa shape index (κ3) is 5.18. The summed E-state index contributed by atoms with van der Waals surface area (Å²) in [5.74, 6) is -0.507. The fourth-order valence-corrected chi connectivity index (χ4v) is 3.00. The maximum absolute atomic E-state index is 12.9. The van der Waals surface area contributed by atoms with Gasteiger partial charge in [0.2, 0.25) is 0 Å². The van der Waals surface area contributed by atoms with E-state index in [9.17, 15) is 14.4 Å². The van der Waals surface area contributed by atoms with Crippen molar-refractivity contribution in [2.75, 3.05) is 33.4 Å². The molecule has 8 heteroatoms. The molecule has 0 aromatic carbocycles. The number of piperidine rings is 1. The predicted octanol–water partition coefficient (Wildman–Crippen LogP) is 1.71. The van der Waals surface area contributed by atoms with Gasteiger partial charge in [-0.2, -0.15) is 0 Å². The van der Waals surface area contributed by atoms with Crippen molar-refractivity contribution in [3.63, 3.8) is 0 Å². The van der Waals surface area contributed by atoms with Crippen LogP contribution in [0.1, 0.15) is 36.5 Å². The van der Waals surface area contributed by atoms with Gasteiger partial charge in [-0.1, -0.05) is 0 Å². The maximum Gasteiger partial charge on any atom is 0.409 e. The van der Waals surface area contributed by atoms with Crippen molar-refractivity contribution in [1.29, 1.82) is 0 Å². The zero-order valence-corrected chi connectivity index (χ0v) is 15.2. The van der Waals surface area contributed by atoms with E-state index in [1.165, 1.54) is 7.11 Å². The lowest BCUT2D eigenvalue weighted by Gasteiger charge is -2.38. The van der Waals surface area contributed by atoms with Crippen LogP contribution in [0.5, 0.6) is 0 Å². The second kappa shape index (κ2) is 9.74. The van der Waals surface area contributed by atoms with Crippen LogP contribution in [0.25, 0.3) is 0 Å². The van der Waals surface area contributed by atoms with Crippen LogP contribution in [-0.4, -0.2) is 72.1 Å². The highest BCUT2D eigenvalue weighted by Crippen LogP contribution is 2.20. The first-order chi connectivity index (χ1) is 12.6. The molecule has 1 aromatic rings. The van der Waals surface area contributed by atoms with E-state index in [1.807, 2.05) is 0 Å². The van der Waals surface area contributed by atoms with Gasteiger partial charge >= 0.3 is 12.1 Å². The molecule has 2 rings (SSSR count). The van der Waals surface area contributed by atoms with Crippen molar-refractivity contribution >= 4 is 18.0 Å². The van der Waals surface area contributed by atoms with Gasteiger partial charge in [0, 0.05) is 43.6 Å². The zero-order chi connectivity index (χ0) is 18.9. The van der Waals surface area contributed by atoms with Crippen LogP contribution >= 0.6 is 0 Å². The Bertz CT molecular complexity index is 615. The number of esters is 1. The van der Waals surface area contributed by atoms with Crippen molar-refractivity contribution in [2.45, 2.75) is 32.2 Å². The van der Waals surface area contributed by atoms with Crippen molar-refractivity contribution in [1.82, 2.24) is 14.8 Å². The van der Waals surface area contributed by atoms with Crippen LogP contribution in [0.15, 0.2) is 24.5 Å². The van der Waals surface area contributed by atoms with Crippen molar-refractivity contribution in [3.05, 3.63) is 30.1 Å². The first-order valence-corrected chi connectivity index (χ1v) is 8.76. The molecule has 1 aliphatic heterocycles. The molecule has 0 bridgehead atoms. The molecular weight excluding hydrogens is 338 g/mol. The summed E-state index contributed by atoms with van der Waals surface area (Å²) in [5, 5.41) is 0. The summed E-state index contributed by atoms with van der Waals surface area (Å²) in [5.41, 5.74) is 0.526. The van der Waals surface area contributed by atoms with Crippen LogP contribution in [0.4, 0.5) is 4.79 Å². The van der Waals surface area contributed by atoms with Crippen molar-refractivity contribution in [3.8, 4) is 0 Å². The van der Waals surface area contributed by atoms with E-state index >= 15 is 0 Å². The average Bonchev–Trinajstić information content (AvgIpc) is 2.69. The number of nitrogens with zero attached hydrogens (tertiary/aromatic N) is 3. The number of carbonyl (C=O) groups is 3. The molecule has 0 radical (unpaired) electrons. The van der Waals surface area contributed by atoms with Crippen molar-refractivity contribution in [2.24, 2.45) is 0 Å². The highest BCUT2D eigenvalue weighted by Gasteiger charge is 2.30. The Morgan fingerprint density at radius 2 is 1.88 bits per heavy atom. The minimum Gasteiger partial charge on any atom is -0.469 e.